The minimum absolute atomic E-state index is 0.0679. The highest BCUT2D eigenvalue weighted by Crippen LogP contribution is 2.41. The Morgan fingerprint density at radius 3 is 2.58 bits per heavy atom. The lowest BCUT2D eigenvalue weighted by molar-refractivity contribution is 0.232. The molecule has 0 amide bonds. The molecular weight excluding hydrogens is 280 g/mol. The summed E-state index contributed by atoms with van der Waals surface area (Å²) in [7, 11) is -2.93. The highest BCUT2D eigenvalue weighted by Gasteiger charge is 2.35. The molecule has 0 aromatic heterocycles. The Balaban J connectivity index is 1.87. The maximum Gasteiger partial charge on any atom is 0.156 e. The van der Waals surface area contributed by atoms with Gasteiger partial charge in [-0.15, -0.1) is 0 Å². The number of hydrogen-bond acceptors (Lipinski definition) is 5. The molecular formula is C13H24N2O2S2. The number of sulfone groups is 1. The number of aliphatic imine (C=N–C) groups is 1. The summed E-state index contributed by atoms with van der Waals surface area (Å²) < 4.78 is 22.5. The minimum Gasteiger partial charge on any atom is -0.361 e. The van der Waals surface area contributed by atoms with Crippen LogP contribution in [0, 0.1) is 5.41 Å². The Hall–Kier alpha value is -0.230. The van der Waals surface area contributed by atoms with E-state index < -0.39 is 9.84 Å². The molecule has 0 aromatic carbocycles. The first-order valence-electron chi connectivity index (χ1n) is 7.00. The van der Waals surface area contributed by atoms with Gasteiger partial charge >= 0.3 is 0 Å². The topological polar surface area (TPSA) is 58.5 Å². The summed E-state index contributed by atoms with van der Waals surface area (Å²) >= 11 is 1.77. The molecule has 0 saturated heterocycles. The van der Waals surface area contributed by atoms with E-state index in [0.29, 0.717) is 5.41 Å². The fourth-order valence-corrected chi connectivity index (χ4v) is 5.21. The highest BCUT2D eigenvalue weighted by molar-refractivity contribution is 8.13. The molecule has 4 nitrogen and oxygen atoms in total. The number of nitrogens with zero attached hydrogens (tertiary/aromatic N) is 1. The smallest absolute Gasteiger partial charge is 0.156 e. The fourth-order valence-electron chi connectivity index (χ4n) is 2.95. The molecule has 0 bridgehead atoms. The van der Waals surface area contributed by atoms with E-state index in [2.05, 4.69) is 10.3 Å². The second kappa shape index (κ2) is 6.04. The Kier molecular flexibility index (Phi) is 4.82. The number of amidine groups is 1. The van der Waals surface area contributed by atoms with Crippen LogP contribution in [0.25, 0.3) is 0 Å². The maximum atomic E-state index is 11.2. The van der Waals surface area contributed by atoms with Gasteiger partial charge in [-0.05, 0) is 25.2 Å². The zero-order chi connectivity index (χ0) is 13.9. The van der Waals surface area contributed by atoms with Gasteiger partial charge in [0, 0.05) is 24.6 Å². The van der Waals surface area contributed by atoms with E-state index in [0.717, 1.165) is 17.5 Å². The van der Waals surface area contributed by atoms with Crippen molar-refractivity contribution in [2.45, 2.75) is 45.1 Å². The van der Waals surface area contributed by atoms with Gasteiger partial charge in [-0.2, -0.15) is 0 Å². The first-order valence-corrected chi connectivity index (χ1v) is 10.0. The van der Waals surface area contributed by atoms with Gasteiger partial charge in [0.25, 0.3) is 0 Å². The van der Waals surface area contributed by atoms with Crippen molar-refractivity contribution < 1.29 is 8.42 Å². The standard InChI is InChI=1S/C13H24N2O2S2/c1-11(8-19(2,16)17)15-12-14-9-13(10-18-12)6-4-3-5-7-13/h11H,3-10H2,1-2H3,(H,14,15). The summed E-state index contributed by atoms with van der Waals surface area (Å²) in [6.45, 7) is 2.81. The van der Waals surface area contributed by atoms with Crippen LogP contribution in [0.5, 0.6) is 0 Å². The molecule has 0 radical (unpaired) electrons. The molecule has 110 valence electrons. The average Bonchev–Trinajstić information content (AvgIpc) is 2.31. The fraction of sp³-hybridized carbons (Fsp3) is 0.923. The molecule has 1 aliphatic carbocycles. The van der Waals surface area contributed by atoms with Gasteiger partial charge < -0.3 is 5.32 Å². The van der Waals surface area contributed by atoms with Crippen molar-refractivity contribution in [2.24, 2.45) is 10.4 Å². The van der Waals surface area contributed by atoms with E-state index in [1.54, 1.807) is 11.8 Å². The third-order valence-corrected chi connectivity index (χ3v) is 6.29. The van der Waals surface area contributed by atoms with Crippen LogP contribution in [0.1, 0.15) is 39.0 Å². The van der Waals surface area contributed by atoms with Crippen molar-refractivity contribution in [3.8, 4) is 0 Å². The third-order valence-electron chi connectivity index (χ3n) is 3.91. The van der Waals surface area contributed by atoms with Crippen molar-refractivity contribution in [3.63, 3.8) is 0 Å². The lowest BCUT2D eigenvalue weighted by atomic mass is 9.75. The minimum atomic E-state index is -2.93. The Bertz CT molecular complexity index is 440. The van der Waals surface area contributed by atoms with Gasteiger partial charge in [0.2, 0.25) is 0 Å². The summed E-state index contributed by atoms with van der Waals surface area (Å²) in [6, 6.07) is -0.0679. The Labute approximate surface area is 120 Å². The van der Waals surface area contributed by atoms with Crippen LogP contribution in [-0.2, 0) is 9.84 Å². The van der Waals surface area contributed by atoms with E-state index in [1.165, 1.54) is 38.4 Å². The van der Waals surface area contributed by atoms with Crippen molar-refractivity contribution in [1.82, 2.24) is 5.32 Å². The summed E-state index contributed by atoms with van der Waals surface area (Å²) in [5.74, 6) is 1.29. The van der Waals surface area contributed by atoms with Gasteiger partial charge in [-0.3, -0.25) is 4.99 Å². The molecule has 1 atom stereocenters. The highest BCUT2D eigenvalue weighted by atomic mass is 32.2. The van der Waals surface area contributed by atoms with Crippen molar-refractivity contribution in [2.75, 3.05) is 24.3 Å². The largest absolute Gasteiger partial charge is 0.361 e. The number of thioether (sulfide) groups is 1. The van der Waals surface area contributed by atoms with Gasteiger partial charge in [0.15, 0.2) is 5.17 Å². The van der Waals surface area contributed by atoms with Crippen LogP contribution in [0.3, 0.4) is 0 Å². The van der Waals surface area contributed by atoms with E-state index in [9.17, 15) is 8.42 Å². The number of rotatable bonds is 3. The van der Waals surface area contributed by atoms with Crippen LogP contribution in [0.4, 0.5) is 0 Å². The molecule has 1 N–H and O–H groups in total. The number of hydrogen-bond donors (Lipinski definition) is 1. The second-order valence-corrected chi connectivity index (χ2v) is 9.26. The quantitative estimate of drug-likeness (QED) is 0.867. The molecule has 1 heterocycles. The predicted molar refractivity (Wildman–Crippen MR) is 82.6 cm³/mol. The van der Waals surface area contributed by atoms with Crippen LogP contribution in [0.15, 0.2) is 4.99 Å². The predicted octanol–water partition coefficient (Wildman–Crippen LogP) is 2.06. The van der Waals surface area contributed by atoms with E-state index in [4.69, 9.17) is 0 Å². The van der Waals surface area contributed by atoms with Gasteiger partial charge in [0.05, 0.1) is 5.75 Å². The molecule has 2 rings (SSSR count). The first kappa shape index (κ1) is 15.2. The maximum absolute atomic E-state index is 11.2. The molecule has 1 fully saturated rings. The molecule has 1 saturated carbocycles. The Morgan fingerprint density at radius 2 is 2.05 bits per heavy atom. The molecule has 2 aliphatic rings. The molecule has 6 heteroatoms. The van der Waals surface area contributed by atoms with E-state index in [1.807, 2.05) is 6.92 Å². The van der Waals surface area contributed by atoms with Gasteiger partial charge in [-0.1, -0.05) is 31.0 Å². The molecule has 19 heavy (non-hydrogen) atoms. The zero-order valence-corrected chi connectivity index (χ0v) is 13.4. The average molecular weight is 304 g/mol. The summed E-state index contributed by atoms with van der Waals surface area (Å²) in [5.41, 5.74) is 0.425. The second-order valence-electron chi connectivity index (χ2n) is 6.11. The lowest BCUT2D eigenvalue weighted by Crippen LogP contribution is -2.41. The van der Waals surface area contributed by atoms with Crippen LogP contribution < -0.4 is 5.32 Å². The van der Waals surface area contributed by atoms with Crippen molar-refractivity contribution in [1.29, 1.82) is 0 Å². The number of nitrogens with one attached hydrogen (secondary N) is 1. The lowest BCUT2D eigenvalue weighted by Gasteiger charge is -2.38. The molecule has 1 unspecified atom stereocenters. The van der Waals surface area contributed by atoms with Crippen LogP contribution in [0.2, 0.25) is 0 Å². The van der Waals surface area contributed by atoms with Gasteiger partial charge in [-0.25, -0.2) is 8.42 Å². The normalized spacial score (nSPS) is 24.8. The molecule has 1 spiro atoms. The molecule has 1 aliphatic heterocycles. The Morgan fingerprint density at radius 1 is 1.37 bits per heavy atom. The summed E-state index contributed by atoms with van der Waals surface area (Å²) in [4.78, 5) is 4.65. The van der Waals surface area contributed by atoms with Crippen molar-refractivity contribution >= 4 is 26.8 Å². The van der Waals surface area contributed by atoms with Gasteiger partial charge in [0.1, 0.15) is 9.84 Å². The third kappa shape index (κ3) is 4.67. The van der Waals surface area contributed by atoms with Crippen molar-refractivity contribution in [3.05, 3.63) is 0 Å². The first-order chi connectivity index (χ1) is 8.89. The monoisotopic (exact) mass is 304 g/mol. The molecule has 0 aromatic rings. The van der Waals surface area contributed by atoms with Crippen LogP contribution >= 0.6 is 11.8 Å². The summed E-state index contributed by atoms with van der Waals surface area (Å²) in [6.07, 6.45) is 7.92. The van der Waals surface area contributed by atoms with E-state index >= 15 is 0 Å². The van der Waals surface area contributed by atoms with Crippen LogP contribution in [-0.4, -0.2) is 43.9 Å². The summed E-state index contributed by atoms with van der Waals surface area (Å²) in [5, 5.41) is 4.15. The van der Waals surface area contributed by atoms with E-state index in [-0.39, 0.29) is 11.8 Å². The zero-order valence-electron chi connectivity index (χ0n) is 11.8. The SMILES string of the molecule is CC(CS(C)(=O)=O)NC1=NCC2(CCCCC2)CS1.